The van der Waals surface area contributed by atoms with Crippen LogP contribution in [0.25, 0.3) is 22.1 Å². The summed E-state index contributed by atoms with van der Waals surface area (Å²) in [6.07, 6.45) is 6.00. The van der Waals surface area contributed by atoms with Gasteiger partial charge < -0.3 is 0 Å². The Kier molecular flexibility index (Phi) is 4.11. The first-order valence-corrected chi connectivity index (χ1v) is 11.1. The van der Waals surface area contributed by atoms with Gasteiger partial charge in [-0.15, -0.1) is 0 Å². The number of aromatic nitrogens is 4. The molecule has 29 heavy (non-hydrogen) atoms. The Labute approximate surface area is 168 Å². The molecule has 3 aromatic heterocycles. The van der Waals surface area contributed by atoms with E-state index in [0.29, 0.717) is 11.7 Å². The van der Waals surface area contributed by atoms with E-state index in [0.717, 1.165) is 41.6 Å². The fourth-order valence-corrected chi connectivity index (χ4v) is 5.25. The zero-order valence-electron chi connectivity index (χ0n) is 16.3. The van der Waals surface area contributed by atoms with Crippen LogP contribution in [0.5, 0.6) is 0 Å². The maximum absolute atomic E-state index is 13.2. The Bertz CT molecular complexity index is 1310. The summed E-state index contributed by atoms with van der Waals surface area (Å²) in [6, 6.07) is 9.00. The number of hydrogen-bond acceptors (Lipinski definition) is 6. The van der Waals surface area contributed by atoms with E-state index in [1.165, 1.54) is 3.97 Å². The molecule has 1 saturated heterocycles. The van der Waals surface area contributed by atoms with Crippen molar-refractivity contribution in [3.8, 4) is 0 Å². The third-order valence-corrected chi connectivity index (χ3v) is 7.25. The van der Waals surface area contributed by atoms with E-state index in [9.17, 15) is 8.42 Å². The zero-order valence-corrected chi connectivity index (χ0v) is 17.1. The number of imidazole rings is 1. The molecule has 0 aliphatic carbocycles. The van der Waals surface area contributed by atoms with Gasteiger partial charge in [0.05, 0.1) is 23.8 Å². The lowest BCUT2D eigenvalue weighted by molar-refractivity contribution is 0.552. The second-order valence-electron chi connectivity index (χ2n) is 7.36. The maximum Gasteiger partial charge on any atom is 0.269 e. The molecule has 8 nitrogen and oxygen atoms in total. The van der Waals surface area contributed by atoms with Crippen LogP contribution in [-0.4, -0.2) is 46.3 Å². The summed E-state index contributed by atoms with van der Waals surface area (Å²) < 4.78 is 29.7. The van der Waals surface area contributed by atoms with Crippen molar-refractivity contribution in [1.82, 2.24) is 23.9 Å². The smallest absolute Gasteiger partial charge is 0.269 e. The van der Waals surface area contributed by atoms with E-state index in [4.69, 9.17) is 0 Å². The quantitative estimate of drug-likeness (QED) is 0.555. The molecule has 1 atom stereocenters. The van der Waals surface area contributed by atoms with Gasteiger partial charge in [0.25, 0.3) is 10.0 Å². The molecule has 1 unspecified atom stereocenters. The van der Waals surface area contributed by atoms with Gasteiger partial charge in [0.15, 0.2) is 5.65 Å². The van der Waals surface area contributed by atoms with Gasteiger partial charge in [-0.2, -0.15) is 0 Å². The van der Waals surface area contributed by atoms with E-state index in [-0.39, 0.29) is 4.90 Å². The van der Waals surface area contributed by atoms with Crippen molar-refractivity contribution in [3.05, 3.63) is 54.6 Å². The Morgan fingerprint density at radius 3 is 2.72 bits per heavy atom. The monoisotopic (exact) mass is 410 g/mol. The zero-order chi connectivity index (χ0) is 20.2. The van der Waals surface area contributed by atoms with E-state index >= 15 is 0 Å². The standard InChI is InChI=1S/C20H22N6O2S/c1-3-15-10-21-12-24(15)25-13-23-18-11-22-20-17(19(18)25)8-9-26(20)29(27,28)16-6-4-14(2)5-7-16/h4-9,11,13,15,21H,3,10,12H2,1-2H3. The molecular formula is C20H22N6O2S. The topological polar surface area (TPSA) is 85.1 Å². The van der Waals surface area contributed by atoms with Crippen LogP contribution in [-0.2, 0) is 10.0 Å². The highest BCUT2D eigenvalue weighted by molar-refractivity contribution is 7.90. The van der Waals surface area contributed by atoms with E-state index in [1.54, 1.807) is 49.1 Å². The third-order valence-electron chi connectivity index (χ3n) is 5.57. The first-order valence-electron chi connectivity index (χ1n) is 9.63. The molecule has 150 valence electrons. The summed E-state index contributed by atoms with van der Waals surface area (Å²) in [6.45, 7) is 5.71. The molecule has 0 amide bonds. The molecule has 5 rings (SSSR count). The van der Waals surface area contributed by atoms with E-state index in [2.05, 4.69) is 27.2 Å². The molecule has 0 spiro atoms. The van der Waals surface area contributed by atoms with Crippen LogP contribution in [0.15, 0.2) is 53.9 Å². The highest BCUT2D eigenvalue weighted by Gasteiger charge is 2.26. The molecule has 0 radical (unpaired) electrons. The highest BCUT2D eigenvalue weighted by Crippen LogP contribution is 2.28. The largest absolute Gasteiger partial charge is 0.297 e. The lowest BCUT2D eigenvalue weighted by atomic mass is 10.2. The van der Waals surface area contributed by atoms with E-state index in [1.807, 2.05) is 11.6 Å². The molecule has 0 bridgehead atoms. The number of hydrogen-bond donors (Lipinski definition) is 1. The molecular weight excluding hydrogens is 388 g/mol. The number of nitrogens with zero attached hydrogens (tertiary/aromatic N) is 5. The molecule has 4 heterocycles. The number of fused-ring (bicyclic) bond motifs is 3. The number of rotatable bonds is 4. The maximum atomic E-state index is 13.2. The number of aryl methyl sites for hydroxylation is 1. The van der Waals surface area contributed by atoms with Crippen LogP contribution < -0.4 is 10.3 Å². The second-order valence-corrected chi connectivity index (χ2v) is 9.18. The first-order chi connectivity index (χ1) is 14.0. The summed E-state index contributed by atoms with van der Waals surface area (Å²) in [4.78, 5) is 9.17. The summed E-state index contributed by atoms with van der Waals surface area (Å²) in [5, 5.41) is 6.37. The molecule has 1 aliphatic heterocycles. The van der Waals surface area contributed by atoms with Crippen molar-refractivity contribution in [2.75, 3.05) is 18.2 Å². The SMILES string of the molecule is CCC1CNCN1n1cnc2cnc3c(ccn3S(=O)(=O)c3ccc(C)cc3)c21. The van der Waals surface area contributed by atoms with Crippen LogP contribution in [0.4, 0.5) is 0 Å². The number of nitrogens with one attached hydrogen (secondary N) is 1. The predicted molar refractivity (Wildman–Crippen MR) is 112 cm³/mol. The molecule has 1 aliphatic rings. The van der Waals surface area contributed by atoms with Crippen molar-refractivity contribution in [3.63, 3.8) is 0 Å². The summed E-state index contributed by atoms with van der Waals surface area (Å²) in [7, 11) is -3.74. The summed E-state index contributed by atoms with van der Waals surface area (Å²) in [5.74, 6) is 0. The van der Waals surface area contributed by atoms with E-state index < -0.39 is 10.0 Å². The average Bonchev–Trinajstić information content (AvgIpc) is 3.44. The minimum Gasteiger partial charge on any atom is -0.297 e. The van der Waals surface area contributed by atoms with Gasteiger partial charge in [-0.05, 0) is 31.5 Å². The van der Waals surface area contributed by atoms with Crippen LogP contribution in [0.2, 0.25) is 0 Å². The van der Waals surface area contributed by atoms with Gasteiger partial charge in [0, 0.05) is 18.1 Å². The molecule has 1 fully saturated rings. The first kappa shape index (κ1) is 18.1. The number of benzene rings is 1. The van der Waals surface area contributed by atoms with Crippen molar-refractivity contribution >= 4 is 32.1 Å². The van der Waals surface area contributed by atoms with Crippen molar-refractivity contribution in [2.45, 2.75) is 31.2 Å². The van der Waals surface area contributed by atoms with Gasteiger partial charge in [-0.25, -0.2) is 27.0 Å². The summed E-state index contributed by atoms with van der Waals surface area (Å²) >= 11 is 0. The second kappa shape index (κ2) is 6.57. The minimum atomic E-state index is -3.74. The lowest BCUT2D eigenvalue weighted by Crippen LogP contribution is -2.39. The van der Waals surface area contributed by atoms with Gasteiger partial charge in [0.2, 0.25) is 0 Å². The Morgan fingerprint density at radius 2 is 1.97 bits per heavy atom. The third kappa shape index (κ3) is 2.72. The Hall–Kier alpha value is -2.91. The van der Waals surface area contributed by atoms with Crippen LogP contribution >= 0.6 is 0 Å². The molecule has 1 N–H and O–H groups in total. The van der Waals surface area contributed by atoms with Gasteiger partial charge in [-0.3, -0.25) is 10.3 Å². The summed E-state index contributed by atoms with van der Waals surface area (Å²) in [5.41, 5.74) is 3.02. The average molecular weight is 411 g/mol. The van der Waals surface area contributed by atoms with Crippen molar-refractivity contribution in [2.24, 2.45) is 0 Å². The molecule has 1 aromatic carbocycles. The van der Waals surface area contributed by atoms with Crippen molar-refractivity contribution in [1.29, 1.82) is 0 Å². The lowest BCUT2D eigenvalue weighted by Gasteiger charge is -2.26. The van der Waals surface area contributed by atoms with Gasteiger partial charge in [-0.1, -0.05) is 24.6 Å². The van der Waals surface area contributed by atoms with Crippen LogP contribution in [0.3, 0.4) is 0 Å². The predicted octanol–water partition coefficient (Wildman–Crippen LogP) is 2.21. The Balaban J connectivity index is 1.70. The fourth-order valence-electron chi connectivity index (χ4n) is 3.95. The molecule has 4 aromatic rings. The number of pyridine rings is 1. The fraction of sp³-hybridized carbons (Fsp3) is 0.300. The Morgan fingerprint density at radius 1 is 1.17 bits per heavy atom. The van der Waals surface area contributed by atoms with Crippen molar-refractivity contribution < 1.29 is 8.42 Å². The van der Waals surface area contributed by atoms with Crippen LogP contribution in [0, 0.1) is 6.92 Å². The van der Waals surface area contributed by atoms with Gasteiger partial charge in [0.1, 0.15) is 17.4 Å². The van der Waals surface area contributed by atoms with Gasteiger partial charge >= 0.3 is 0 Å². The minimum absolute atomic E-state index is 0.241. The molecule has 9 heteroatoms. The highest BCUT2D eigenvalue weighted by atomic mass is 32.2. The normalized spacial score (nSPS) is 17.6. The molecule has 0 saturated carbocycles. The van der Waals surface area contributed by atoms with Crippen LogP contribution in [0.1, 0.15) is 18.9 Å².